The lowest BCUT2D eigenvalue weighted by molar-refractivity contribution is -0.128. The average molecular weight is 263 g/mol. The van der Waals surface area contributed by atoms with Gasteiger partial charge in [0.15, 0.2) is 0 Å². The van der Waals surface area contributed by atoms with E-state index >= 15 is 0 Å². The molecule has 0 saturated carbocycles. The fourth-order valence-electron chi connectivity index (χ4n) is 1.95. The first-order chi connectivity index (χ1) is 8.95. The van der Waals surface area contributed by atoms with Crippen LogP contribution in [-0.2, 0) is 11.3 Å². The molecule has 0 atom stereocenters. The number of rotatable bonds is 6. The quantitative estimate of drug-likeness (QED) is 0.852. The van der Waals surface area contributed by atoms with Crippen molar-refractivity contribution in [3.8, 4) is 0 Å². The molecule has 2 N–H and O–H groups in total. The number of hydrogen-bond acceptors (Lipinski definition) is 3. The third kappa shape index (κ3) is 4.56. The second-order valence-corrected chi connectivity index (χ2v) is 5.20. The largest absolute Gasteiger partial charge is 0.369 e. The van der Waals surface area contributed by atoms with Crippen molar-refractivity contribution in [2.45, 2.75) is 32.9 Å². The summed E-state index contributed by atoms with van der Waals surface area (Å²) in [5, 5.41) is 0. The molecular weight excluding hydrogens is 238 g/mol. The van der Waals surface area contributed by atoms with E-state index < -0.39 is 0 Å². The minimum Gasteiger partial charge on any atom is -0.369 e. The average Bonchev–Trinajstić information content (AvgIpc) is 2.38. The first-order valence-electron chi connectivity index (χ1n) is 6.71. The molecule has 0 bridgehead atoms. The molecule has 1 rings (SSSR count). The van der Waals surface area contributed by atoms with E-state index in [0.717, 1.165) is 17.8 Å². The van der Waals surface area contributed by atoms with Crippen molar-refractivity contribution in [2.24, 2.45) is 5.73 Å². The number of hydrogen-bond donors (Lipinski definition) is 1. The van der Waals surface area contributed by atoms with Gasteiger partial charge in [0.2, 0.25) is 5.91 Å². The van der Waals surface area contributed by atoms with Gasteiger partial charge in [0, 0.05) is 45.3 Å². The van der Waals surface area contributed by atoms with E-state index in [9.17, 15) is 4.79 Å². The molecule has 0 aliphatic carbocycles. The molecule has 0 heterocycles. The molecule has 1 amide bonds. The van der Waals surface area contributed by atoms with E-state index in [0.29, 0.717) is 19.0 Å². The Morgan fingerprint density at radius 1 is 1.21 bits per heavy atom. The molecule has 19 heavy (non-hydrogen) atoms. The van der Waals surface area contributed by atoms with Crippen LogP contribution in [0.2, 0.25) is 0 Å². The number of nitrogens with two attached hydrogens (primary N) is 1. The summed E-state index contributed by atoms with van der Waals surface area (Å²) in [5.41, 5.74) is 7.86. The van der Waals surface area contributed by atoms with Crippen LogP contribution in [0, 0.1) is 0 Å². The molecule has 0 spiro atoms. The monoisotopic (exact) mass is 263 g/mol. The highest BCUT2D eigenvalue weighted by Crippen LogP contribution is 2.18. The number of carbonyl (C=O) groups is 1. The van der Waals surface area contributed by atoms with Gasteiger partial charge in [0.1, 0.15) is 0 Å². The van der Waals surface area contributed by atoms with Gasteiger partial charge in [-0.3, -0.25) is 4.79 Å². The summed E-state index contributed by atoms with van der Waals surface area (Å²) in [5.74, 6) is 0.157. The van der Waals surface area contributed by atoms with Crippen molar-refractivity contribution >= 4 is 11.6 Å². The zero-order valence-electron chi connectivity index (χ0n) is 12.4. The molecule has 1 aromatic carbocycles. The molecule has 0 unspecified atom stereocenters. The summed E-state index contributed by atoms with van der Waals surface area (Å²) in [4.78, 5) is 15.6. The van der Waals surface area contributed by atoms with Crippen molar-refractivity contribution in [3.05, 3.63) is 29.8 Å². The van der Waals surface area contributed by atoms with Crippen LogP contribution in [0.4, 0.5) is 5.69 Å². The predicted octanol–water partition coefficient (Wildman–Crippen LogP) is 1.84. The van der Waals surface area contributed by atoms with Crippen LogP contribution in [0.15, 0.2) is 24.3 Å². The topological polar surface area (TPSA) is 49.6 Å². The van der Waals surface area contributed by atoms with Crippen LogP contribution in [0.25, 0.3) is 0 Å². The summed E-state index contributed by atoms with van der Waals surface area (Å²) in [6.07, 6.45) is 0.532. The summed E-state index contributed by atoms with van der Waals surface area (Å²) < 4.78 is 0. The van der Waals surface area contributed by atoms with E-state index in [1.165, 1.54) is 0 Å². The van der Waals surface area contributed by atoms with E-state index in [1.54, 1.807) is 19.0 Å². The molecule has 0 aliphatic rings. The predicted molar refractivity (Wildman–Crippen MR) is 80.1 cm³/mol. The first-order valence-corrected chi connectivity index (χ1v) is 6.71. The second kappa shape index (κ2) is 7.14. The van der Waals surface area contributed by atoms with Crippen LogP contribution in [0.3, 0.4) is 0 Å². The normalized spacial score (nSPS) is 10.6. The lowest BCUT2D eigenvalue weighted by atomic mass is 10.1. The van der Waals surface area contributed by atoms with Gasteiger partial charge >= 0.3 is 0 Å². The highest BCUT2D eigenvalue weighted by Gasteiger charge is 2.13. The number of benzene rings is 1. The van der Waals surface area contributed by atoms with Gasteiger partial charge in [0.05, 0.1) is 0 Å². The van der Waals surface area contributed by atoms with Crippen LogP contribution in [-0.4, -0.2) is 37.5 Å². The second-order valence-electron chi connectivity index (χ2n) is 5.20. The van der Waals surface area contributed by atoms with Crippen molar-refractivity contribution in [3.63, 3.8) is 0 Å². The highest BCUT2D eigenvalue weighted by atomic mass is 16.2. The van der Waals surface area contributed by atoms with Gasteiger partial charge in [-0.25, -0.2) is 0 Å². The number of nitrogens with zero attached hydrogens (tertiary/aromatic N) is 2. The van der Waals surface area contributed by atoms with Gasteiger partial charge in [-0.05, 0) is 31.5 Å². The van der Waals surface area contributed by atoms with E-state index in [-0.39, 0.29) is 5.91 Å². The Morgan fingerprint density at radius 2 is 1.79 bits per heavy atom. The number of amides is 1. The first kappa shape index (κ1) is 15.5. The minimum absolute atomic E-state index is 0.157. The SMILES string of the molecule is CC(C)N(CCC(=O)N(C)C)c1ccc(CN)cc1. The summed E-state index contributed by atoms with van der Waals surface area (Å²) in [6, 6.07) is 8.58. The third-order valence-electron chi connectivity index (χ3n) is 3.19. The standard InChI is InChI=1S/C15H25N3O/c1-12(2)18(10-9-15(19)17(3)4)14-7-5-13(11-16)6-8-14/h5-8,12H,9-11,16H2,1-4H3. The maximum Gasteiger partial charge on any atom is 0.223 e. The molecular formula is C15H25N3O. The Bertz CT molecular complexity index is 398. The molecule has 106 valence electrons. The minimum atomic E-state index is 0.157. The van der Waals surface area contributed by atoms with E-state index in [1.807, 2.05) is 12.1 Å². The molecule has 0 aliphatic heterocycles. The molecule has 1 aromatic rings. The van der Waals surface area contributed by atoms with E-state index in [4.69, 9.17) is 5.73 Å². The lowest BCUT2D eigenvalue weighted by Crippen LogP contribution is -2.35. The Morgan fingerprint density at radius 3 is 2.21 bits per heavy atom. The van der Waals surface area contributed by atoms with Crippen molar-refractivity contribution in [1.29, 1.82) is 0 Å². The lowest BCUT2D eigenvalue weighted by Gasteiger charge is -2.29. The van der Waals surface area contributed by atoms with Crippen LogP contribution in [0.5, 0.6) is 0 Å². The van der Waals surface area contributed by atoms with Gasteiger partial charge in [0.25, 0.3) is 0 Å². The smallest absolute Gasteiger partial charge is 0.223 e. The molecule has 4 nitrogen and oxygen atoms in total. The van der Waals surface area contributed by atoms with Gasteiger partial charge < -0.3 is 15.5 Å². The fraction of sp³-hybridized carbons (Fsp3) is 0.533. The Kier molecular flexibility index (Phi) is 5.83. The van der Waals surface area contributed by atoms with Gasteiger partial charge in [-0.15, -0.1) is 0 Å². The zero-order chi connectivity index (χ0) is 14.4. The van der Waals surface area contributed by atoms with Crippen LogP contribution in [0.1, 0.15) is 25.8 Å². The van der Waals surface area contributed by atoms with E-state index in [2.05, 4.69) is 30.9 Å². The van der Waals surface area contributed by atoms with Gasteiger partial charge in [-0.2, -0.15) is 0 Å². The third-order valence-corrected chi connectivity index (χ3v) is 3.19. The summed E-state index contributed by atoms with van der Waals surface area (Å²) >= 11 is 0. The molecule has 0 fully saturated rings. The van der Waals surface area contributed by atoms with Crippen LogP contribution >= 0.6 is 0 Å². The molecule has 0 aromatic heterocycles. The Labute approximate surface area is 116 Å². The number of carbonyl (C=O) groups excluding carboxylic acids is 1. The van der Waals surface area contributed by atoms with Crippen molar-refractivity contribution < 1.29 is 4.79 Å². The zero-order valence-corrected chi connectivity index (χ0v) is 12.4. The highest BCUT2D eigenvalue weighted by molar-refractivity contribution is 5.76. The summed E-state index contributed by atoms with van der Waals surface area (Å²) in [7, 11) is 3.58. The van der Waals surface area contributed by atoms with Crippen molar-refractivity contribution in [1.82, 2.24) is 4.90 Å². The maximum absolute atomic E-state index is 11.7. The maximum atomic E-state index is 11.7. The molecule has 0 saturated heterocycles. The molecule has 4 heteroatoms. The van der Waals surface area contributed by atoms with Crippen molar-refractivity contribution in [2.75, 3.05) is 25.5 Å². The number of anilines is 1. The molecule has 0 radical (unpaired) electrons. The Balaban J connectivity index is 2.73. The summed E-state index contributed by atoms with van der Waals surface area (Å²) in [6.45, 7) is 5.56. The van der Waals surface area contributed by atoms with Crippen LogP contribution < -0.4 is 10.6 Å². The fourth-order valence-corrected chi connectivity index (χ4v) is 1.95. The van der Waals surface area contributed by atoms with Gasteiger partial charge in [-0.1, -0.05) is 12.1 Å². The Hall–Kier alpha value is -1.55.